The monoisotopic (exact) mass is 503 g/mol. The van der Waals surface area contributed by atoms with Crippen molar-refractivity contribution in [1.29, 1.82) is 5.26 Å². The summed E-state index contributed by atoms with van der Waals surface area (Å²) in [5.74, 6) is 0.756. The van der Waals surface area contributed by atoms with Gasteiger partial charge in [0, 0.05) is 22.0 Å². The summed E-state index contributed by atoms with van der Waals surface area (Å²) in [6.45, 7) is 0. The molecule has 2 atom stereocenters. The highest BCUT2D eigenvalue weighted by Crippen LogP contribution is 2.33. The van der Waals surface area contributed by atoms with Gasteiger partial charge in [0.2, 0.25) is 0 Å². The van der Waals surface area contributed by atoms with Crippen LogP contribution in [0.4, 0.5) is 0 Å². The van der Waals surface area contributed by atoms with Crippen LogP contribution in [0, 0.1) is 11.3 Å². The number of rotatable bonds is 4. The number of hydrogen-bond donors (Lipinski definition) is 2. The molecule has 0 aliphatic carbocycles. The Kier molecular flexibility index (Phi) is 5.66. The normalized spacial score (nSPS) is 16.9. The fourth-order valence-corrected chi connectivity index (χ4v) is 5.46. The van der Waals surface area contributed by atoms with E-state index in [1.54, 1.807) is 0 Å². The first kappa shape index (κ1) is 23.0. The lowest BCUT2D eigenvalue weighted by Gasteiger charge is -2.32. The molecule has 1 aliphatic rings. The predicted octanol–water partition coefficient (Wildman–Crippen LogP) is 6.99. The highest BCUT2D eigenvalue weighted by Gasteiger charge is 2.26. The van der Waals surface area contributed by atoms with E-state index in [0.29, 0.717) is 5.56 Å². The lowest BCUT2D eigenvalue weighted by Crippen LogP contribution is -2.45. The van der Waals surface area contributed by atoms with E-state index in [9.17, 15) is 5.26 Å². The van der Waals surface area contributed by atoms with Gasteiger partial charge in [-0.05, 0) is 47.5 Å². The van der Waals surface area contributed by atoms with Gasteiger partial charge in [0.15, 0.2) is 0 Å². The Morgan fingerprint density at radius 1 is 0.667 bits per heavy atom. The molecule has 2 unspecified atom stereocenters. The van der Waals surface area contributed by atoms with E-state index in [1.165, 1.54) is 21.8 Å². The van der Waals surface area contributed by atoms with E-state index < -0.39 is 0 Å². The molecule has 5 nitrogen and oxygen atoms in total. The third kappa shape index (κ3) is 4.14. The molecule has 39 heavy (non-hydrogen) atoms. The second-order valence-corrected chi connectivity index (χ2v) is 9.69. The third-order valence-corrected chi connectivity index (χ3v) is 7.29. The molecule has 2 heterocycles. The summed E-state index contributed by atoms with van der Waals surface area (Å²) in [4.78, 5) is 5.10. The Bertz CT molecular complexity index is 1840. The number of fused-ring (bicyclic) bond motifs is 3. The second kappa shape index (κ2) is 9.60. The first-order valence-electron chi connectivity index (χ1n) is 13.0. The summed E-state index contributed by atoms with van der Waals surface area (Å²) in [6.07, 6.45) is -0.434. The zero-order valence-corrected chi connectivity index (χ0v) is 21.1. The number of nitrogens with one attached hydrogen (secondary N) is 2. The first-order chi connectivity index (χ1) is 19.3. The molecular formula is C34H25N5. The number of para-hydroxylation sites is 2. The van der Waals surface area contributed by atoms with Crippen LogP contribution in [0.1, 0.15) is 34.6 Å². The maximum Gasteiger partial charge on any atom is 0.131 e. The molecule has 5 aromatic carbocycles. The Balaban J connectivity index is 1.36. The van der Waals surface area contributed by atoms with Crippen LogP contribution in [0.3, 0.4) is 0 Å². The molecule has 0 spiro atoms. The second-order valence-electron chi connectivity index (χ2n) is 9.69. The van der Waals surface area contributed by atoms with Crippen molar-refractivity contribution in [1.82, 2.24) is 15.2 Å². The molecule has 1 aliphatic heterocycles. The minimum absolute atomic E-state index is 0.147. The molecular weight excluding hydrogens is 478 g/mol. The van der Waals surface area contributed by atoms with Gasteiger partial charge in [-0.1, -0.05) is 91.0 Å². The smallest absolute Gasteiger partial charge is 0.131 e. The van der Waals surface area contributed by atoms with Crippen molar-refractivity contribution in [3.8, 4) is 11.8 Å². The average Bonchev–Trinajstić information content (AvgIpc) is 3.36. The Labute approximate surface area is 226 Å². The quantitative estimate of drug-likeness (QED) is 0.272. The van der Waals surface area contributed by atoms with Gasteiger partial charge in [-0.3, -0.25) is 5.32 Å². The van der Waals surface area contributed by atoms with Crippen LogP contribution in [0.2, 0.25) is 0 Å². The van der Waals surface area contributed by atoms with Gasteiger partial charge >= 0.3 is 0 Å². The largest absolute Gasteiger partial charge is 0.350 e. The molecule has 0 saturated heterocycles. The van der Waals surface area contributed by atoms with Gasteiger partial charge in [0.05, 0.1) is 22.7 Å². The molecule has 186 valence electrons. The van der Waals surface area contributed by atoms with Crippen LogP contribution in [0.15, 0.2) is 132 Å². The summed E-state index contributed by atoms with van der Waals surface area (Å²) in [5, 5.41) is 19.2. The summed E-state index contributed by atoms with van der Waals surface area (Å²) < 4.78 is 2.32. The number of benzene rings is 5. The van der Waals surface area contributed by atoms with Crippen molar-refractivity contribution in [2.45, 2.75) is 12.3 Å². The molecule has 0 amide bonds. The SMILES string of the molecule is N#Cc1cccc(C2=NC(c3cccc(-n4c5ccccc5c5ccccc54)c3)NC(c3ccccc3)N2)c1. The van der Waals surface area contributed by atoms with Gasteiger partial charge < -0.3 is 9.88 Å². The Morgan fingerprint density at radius 2 is 1.33 bits per heavy atom. The van der Waals surface area contributed by atoms with E-state index in [0.717, 1.165) is 28.2 Å². The standard InChI is InChI=1S/C34H25N5/c35-22-23-10-8-13-25(20-23)33-36-32(24-11-2-1-3-12-24)37-34(38-33)26-14-9-15-27(21-26)39-30-18-6-4-16-28(30)29-17-5-7-19-31(29)39/h1-21,32,34,37H,(H,36,38). The van der Waals surface area contributed by atoms with E-state index >= 15 is 0 Å². The number of aromatic nitrogens is 1. The van der Waals surface area contributed by atoms with Crippen LogP contribution in [0.5, 0.6) is 0 Å². The van der Waals surface area contributed by atoms with Crippen molar-refractivity contribution >= 4 is 27.6 Å². The van der Waals surface area contributed by atoms with Gasteiger partial charge in [-0.2, -0.15) is 5.26 Å². The summed E-state index contributed by atoms with van der Waals surface area (Å²) in [7, 11) is 0. The van der Waals surface area contributed by atoms with Crippen molar-refractivity contribution < 1.29 is 0 Å². The Hall–Kier alpha value is -5.18. The summed E-state index contributed by atoms with van der Waals surface area (Å²) >= 11 is 0. The molecule has 2 N–H and O–H groups in total. The van der Waals surface area contributed by atoms with Crippen molar-refractivity contribution in [3.63, 3.8) is 0 Å². The van der Waals surface area contributed by atoms with Gasteiger partial charge in [0.25, 0.3) is 0 Å². The first-order valence-corrected chi connectivity index (χ1v) is 13.0. The van der Waals surface area contributed by atoms with Crippen LogP contribution >= 0.6 is 0 Å². The van der Waals surface area contributed by atoms with Crippen molar-refractivity contribution in [2.24, 2.45) is 4.99 Å². The number of nitriles is 1. The number of nitrogens with zero attached hydrogens (tertiary/aromatic N) is 3. The molecule has 7 rings (SSSR count). The van der Waals surface area contributed by atoms with Gasteiger partial charge in [-0.25, -0.2) is 4.99 Å². The minimum atomic E-state index is -0.287. The van der Waals surface area contributed by atoms with E-state index in [-0.39, 0.29) is 12.3 Å². The van der Waals surface area contributed by atoms with E-state index in [1.807, 2.05) is 42.5 Å². The molecule has 0 bridgehead atoms. The van der Waals surface area contributed by atoms with Crippen molar-refractivity contribution in [2.75, 3.05) is 0 Å². The van der Waals surface area contributed by atoms with E-state index in [2.05, 4.69) is 106 Å². The molecule has 1 aromatic heterocycles. The molecule has 0 saturated carbocycles. The zero-order valence-electron chi connectivity index (χ0n) is 21.1. The van der Waals surface area contributed by atoms with Gasteiger partial charge in [-0.15, -0.1) is 0 Å². The third-order valence-electron chi connectivity index (χ3n) is 7.29. The maximum atomic E-state index is 9.47. The highest BCUT2D eigenvalue weighted by atomic mass is 15.3. The molecule has 0 fully saturated rings. The summed E-state index contributed by atoms with van der Waals surface area (Å²) in [5.41, 5.74) is 7.11. The van der Waals surface area contributed by atoms with Crippen LogP contribution in [0.25, 0.3) is 27.5 Å². The minimum Gasteiger partial charge on any atom is -0.350 e. The average molecular weight is 504 g/mol. The fraction of sp³-hybridized carbons (Fsp3) is 0.0588. The lowest BCUT2D eigenvalue weighted by molar-refractivity contribution is 0.409. The Morgan fingerprint density at radius 3 is 2.08 bits per heavy atom. The fourth-order valence-electron chi connectivity index (χ4n) is 5.46. The number of hydrogen-bond acceptors (Lipinski definition) is 4. The number of amidine groups is 1. The van der Waals surface area contributed by atoms with Crippen LogP contribution < -0.4 is 10.6 Å². The van der Waals surface area contributed by atoms with Gasteiger partial charge in [0.1, 0.15) is 18.2 Å². The molecule has 6 aromatic rings. The van der Waals surface area contributed by atoms with E-state index in [4.69, 9.17) is 4.99 Å². The van der Waals surface area contributed by atoms with Crippen molar-refractivity contribution in [3.05, 3.63) is 150 Å². The highest BCUT2D eigenvalue weighted by molar-refractivity contribution is 6.09. The van der Waals surface area contributed by atoms with Crippen LogP contribution in [-0.4, -0.2) is 10.4 Å². The topological polar surface area (TPSA) is 65.1 Å². The lowest BCUT2D eigenvalue weighted by atomic mass is 10.1. The summed E-state index contributed by atoms with van der Waals surface area (Å²) in [6, 6.07) is 45.8. The zero-order chi connectivity index (χ0) is 26.2. The van der Waals surface area contributed by atoms with Crippen LogP contribution in [-0.2, 0) is 0 Å². The predicted molar refractivity (Wildman–Crippen MR) is 157 cm³/mol. The maximum absolute atomic E-state index is 9.47. The molecule has 0 radical (unpaired) electrons. The number of aliphatic imine (C=N–C) groups is 1. The molecule has 5 heteroatoms.